The van der Waals surface area contributed by atoms with Crippen molar-refractivity contribution in [3.8, 4) is 0 Å². The van der Waals surface area contributed by atoms with Gasteiger partial charge in [-0.05, 0) is 37.6 Å². The van der Waals surface area contributed by atoms with Crippen molar-refractivity contribution in [2.45, 2.75) is 13.3 Å². The Balaban J connectivity index is 1.60. The molecule has 0 fully saturated rings. The van der Waals surface area contributed by atoms with Crippen LogP contribution in [0.4, 0.5) is 5.69 Å². The molecule has 0 aliphatic heterocycles. The molecule has 26 heavy (non-hydrogen) atoms. The predicted molar refractivity (Wildman–Crippen MR) is 104 cm³/mol. The van der Waals surface area contributed by atoms with Gasteiger partial charge in [0.1, 0.15) is 5.56 Å². The number of aromatic amines is 1. The predicted octanol–water partition coefficient (Wildman–Crippen LogP) is 2.49. The summed E-state index contributed by atoms with van der Waals surface area (Å²) in [5.74, 6) is -0.362. The van der Waals surface area contributed by atoms with Crippen LogP contribution in [0.1, 0.15) is 22.5 Å². The van der Waals surface area contributed by atoms with Crippen LogP contribution in [0.3, 0.4) is 0 Å². The first kappa shape index (κ1) is 17.7. The first-order valence-corrected chi connectivity index (χ1v) is 8.59. The summed E-state index contributed by atoms with van der Waals surface area (Å²) in [5.41, 5.74) is 2.32. The van der Waals surface area contributed by atoms with Crippen molar-refractivity contribution in [3.63, 3.8) is 0 Å². The Morgan fingerprint density at radius 1 is 1.23 bits per heavy atom. The number of aryl methyl sites for hydroxylation is 1. The molecule has 2 aromatic heterocycles. The SMILES string of the molecule is Cc1nccc2[nH]c(=O)c(C(=O)NCCCN(C)c3ccccc3)cc12. The molecule has 0 radical (unpaired) electrons. The maximum absolute atomic E-state index is 12.4. The first-order valence-electron chi connectivity index (χ1n) is 8.59. The van der Waals surface area contributed by atoms with Crippen molar-refractivity contribution < 1.29 is 4.79 Å². The Labute approximate surface area is 151 Å². The van der Waals surface area contributed by atoms with E-state index in [0.29, 0.717) is 12.1 Å². The van der Waals surface area contributed by atoms with Crippen LogP contribution in [0, 0.1) is 6.92 Å². The summed E-state index contributed by atoms with van der Waals surface area (Å²) in [6.07, 6.45) is 2.42. The minimum atomic E-state index is -0.387. The third kappa shape index (κ3) is 3.91. The number of hydrogen-bond donors (Lipinski definition) is 2. The van der Waals surface area contributed by atoms with Crippen LogP contribution in [-0.4, -0.2) is 36.0 Å². The summed E-state index contributed by atoms with van der Waals surface area (Å²) in [7, 11) is 2.01. The summed E-state index contributed by atoms with van der Waals surface area (Å²) in [6, 6.07) is 13.4. The highest BCUT2D eigenvalue weighted by Gasteiger charge is 2.12. The van der Waals surface area contributed by atoms with E-state index in [1.165, 1.54) is 0 Å². The zero-order chi connectivity index (χ0) is 18.5. The Morgan fingerprint density at radius 2 is 2.00 bits per heavy atom. The third-order valence-corrected chi connectivity index (χ3v) is 4.37. The lowest BCUT2D eigenvalue weighted by Gasteiger charge is -2.19. The van der Waals surface area contributed by atoms with E-state index < -0.39 is 0 Å². The molecular weight excluding hydrogens is 328 g/mol. The average Bonchev–Trinajstić information content (AvgIpc) is 2.65. The van der Waals surface area contributed by atoms with Crippen molar-refractivity contribution in [2.24, 2.45) is 0 Å². The molecule has 0 unspecified atom stereocenters. The molecule has 0 saturated carbocycles. The minimum Gasteiger partial charge on any atom is -0.375 e. The number of nitrogens with one attached hydrogen (secondary N) is 2. The number of hydrogen-bond acceptors (Lipinski definition) is 4. The first-order chi connectivity index (χ1) is 12.6. The van der Waals surface area contributed by atoms with Crippen LogP contribution in [0.5, 0.6) is 0 Å². The smallest absolute Gasteiger partial charge is 0.261 e. The summed E-state index contributed by atoms with van der Waals surface area (Å²) >= 11 is 0. The summed E-state index contributed by atoms with van der Waals surface area (Å²) in [5, 5.41) is 3.60. The normalized spacial score (nSPS) is 10.7. The fourth-order valence-corrected chi connectivity index (χ4v) is 2.86. The number of benzene rings is 1. The van der Waals surface area contributed by atoms with Crippen molar-refractivity contribution >= 4 is 22.5 Å². The Morgan fingerprint density at radius 3 is 2.77 bits per heavy atom. The molecule has 3 rings (SSSR count). The molecule has 6 heteroatoms. The van der Waals surface area contributed by atoms with Crippen LogP contribution in [-0.2, 0) is 0 Å². The quantitative estimate of drug-likeness (QED) is 0.670. The molecule has 6 nitrogen and oxygen atoms in total. The molecule has 0 aliphatic carbocycles. The maximum Gasteiger partial charge on any atom is 0.261 e. The molecule has 0 bridgehead atoms. The van der Waals surface area contributed by atoms with E-state index in [4.69, 9.17) is 0 Å². The summed E-state index contributed by atoms with van der Waals surface area (Å²) < 4.78 is 0. The number of rotatable bonds is 6. The van der Waals surface area contributed by atoms with Gasteiger partial charge in [0.25, 0.3) is 11.5 Å². The Kier molecular flexibility index (Phi) is 5.31. The maximum atomic E-state index is 12.4. The van der Waals surface area contributed by atoms with E-state index in [1.807, 2.05) is 44.3 Å². The fraction of sp³-hybridized carbons (Fsp3) is 0.250. The number of carbonyl (C=O) groups is 1. The van der Waals surface area contributed by atoms with Gasteiger partial charge in [0.15, 0.2) is 0 Å². The largest absolute Gasteiger partial charge is 0.375 e. The van der Waals surface area contributed by atoms with Crippen LogP contribution in [0.15, 0.2) is 53.5 Å². The number of para-hydroxylation sites is 1. The second-order valence-electron chi connectivity index (χ2n) is 6.24. The van der Waals surface area contributed by atoms with Gasteiger partial charge in [0.2, 0.25) is 0 Å². The van der Waals surface area contributed by atoms with Crippen LogP contribution >= 0.6 is 0 Å². The molecule has 0 spiro atoms. The zero-order valence-corrected chi connectivity index (χ0v) is 15.0. The third-order valence-electron chi connectivity index (χ3n) is 4.37. The molecule has 0 atom stereocenters. The van der Waals surface area contributed by atoms with Crippen molar-refractivity contribution in [1.29, 1.82) is 0 Å². The van der Waals surface area contributed by atoms with Crippen molar-refractivity contribution in [1.82, 2.24) is 15.3 Å². The van der Waals surface area contributed by atoms with Gasteiger partial charge in [-0.1, -0.05) is 18.2 Å². The monoisotopic (exact) mass is 350 g/mol. The average molecular weight is 350 g/mol. The molecule has 3 aromatic rings. The lowest BCUT2D eigenvalue weighted by Crippen LogP contribution is -2.32. The number of fused-ring (bicyclic) bond motifs is 1. The molecule has 0 saturated heterocycles. The molecule has 1 aromatic carbocycles. The number of anilines is 1. The second kappa shape index (κ2) is 7.82. The highest BCUT2D eigenvalue weighted by atomic mass is 16.2. The lowest BCUT2D eigenvalue weighted by atomic mass is 10.1. The number of H-pyrrole nitrogens is 1. The summed E-state index contributed by atoms with van der Waals surface area (Å²) in [6.45, 7) is 3.16. The molecule has 0 aliphatic rings. The van der Waals surface area contributed by atoms with E-state index in [2.05, 4.69) is 20.2 Å². The van der Waals surface area contributed by atoms with Gasteiger partial charge in [0, 0.05) is 43.1 Å². The van der Waals surface area contributed by atoms with Gasteiger partial charge in [0.05, 0.1) is 5.52 Å². The molecule has 2 N–H and O–H groups in total. The summed E-state index contributed by atoms with van der Waals surface area (Å²) in [4.78, 5) is 33.6. The Bertz CT molecular complexity index is 966. The number of amides is 1. The molecule has 134 valence electrons. The standard InChI is InChI=1S/C20H22N4O2/c1-14-16-13-17(20(26)23-18(16)9-11-21-14)19(25)22-10-6-12-24(2)15-7-4-3-5-8-15/h3-5,7-9,11,13H,6,10,12H2,1-2H3,(H,22,25)(H,23,26). The van der Waals surface area contributed by atoms with Crippen LogP contribution in [0.25, 0.3) is 10.9 Å². The van der Waals surface area contributed by atoms with Gasteiger partial charge >= 0.3 is 0 Å². The molecule has 2 heterocycles. The highest BCUT2D eigenvalue weighted by molar-refractivity contribution is 5.97. The second-order valence-corrected chi connectivity index (χ2v) is 6.24. The van der Waals surface area contributed by atoms with E-state index >= 15 is 0 Å². The van der Waals surface area contributed by atoms with E-state index in [-0.39, 0.29) is 17.0 Å². The number of aromatic nitrogens is 2. The van der Waals surface area contributed by atoms with E-state index in [0.717, 1.165) is 29.7 Å². The van der Waals surface area contributed by atoms with Gasteiger partial charge in [-0.25, -0.2) is 0 Å². The molecule has 1 amide bonds. The van der Waals surface area contributed by atoms with Crippen LogP contribution in [0.2, 0.25) is 0 Å². The topological polar surface area (TPSA) is 78.1 Å². The van der Waals surface area contributed by atoms with Gasteiger partial charge < -0.3 is 15.2 Å². The van der Waals surface area contributed by atoms with Crippen molar-refractivity contribution in [2.75, 3.05) is 25.0 Å². The van der Waals surface area contributed by atoms with Gasteiger partial charge in [-0.15, -0.1) is 0 Å². The van der Waals surface area contributed by atoms with Gasteiger partial charge in [-0.3, -0.25) is 14.6 Å². The number of carbonyl (C=O) groups excluding carboxylic acids is 1. The van der Waals surface area contributed by atoms with Crippen molar-refractivity contribution in [3.05, 3.63) is 70.3 Å². The number of nitrogens with zero attached hydrogens (tertiary/aromatic N) is 2. The van der Waals surface area contributed by atoms with E-state index in [9.17, 15) is 9.59 Å². The van der Waals surface area contributed by atoms with Gasteiger partial charge in [-0.2, -0.15) is 0 Å². The zero-order valence-electron chi connectivity index (χ0n) is 15.0. The van der Waals surface area contributed by atoms with Crippen LogP contribution < -0.4 is 15.8 Å². The fourth-order valence-electron chi connectivity index (χ4n) is 2.86. The van der Waals surface area contributed by atoms with E-state index in [1.54, 1.807) is 18.3 Å². The number of pyridine rings is 2. The lowest BCUT2D eigenvalue weighted by molar-refractivity contribution is 0.0952. The minimum absolute atomic E-state index is 0.116. The Hall–Kier alpha value is -3.15. The highest BCUT2D eigenvalue weighted by Crippen LogP contribution is 2.13. The molecular formula is C20H22N4O2.